The standard InChI is InChI=1S/C40H53F2N7O8S.C2HF3O2/c1-24(50)49(36(40(2,3)4)32-18-26(28-19-27(41)10-11-29(28)42)22-48(32)21-25-8-6-5-7-9-25)17-13-30(43)37(53)47-14-12-34(51)45-15-16-46-35(52)20-33(39(56)57)58-23-31(44)38(54)55;3-2(4,5)1(6)7/h5-11,18-19,22,30-31,33,36H,12-17,20-21,23,43-44H2,1-4H3,(H,45,51)(H,46,52)(H,47,53)(H,54,55)(H,56,57);(H,6,7)/t30-,31-,33?,36-;/m0./s1. The van der Waals surface area contributed by atoms with Gasteiger partial charge in [-0.25, -0.2) is 13.6 Å². The summed E-state index contributed by atoms with van der Waals surface area (Å²) in [6, 6.07) is 11.7. The molecule has 1 unspecified atom stereocenters. The minimum absolute atomic E-state index is 0.00432. The lowest BCUT2D eigenvalue weighted by atomic mass is 9.82. The van der Waals surface area contributed by atoms with Crippen LogP contribution in [0.15, 0.2) is 60.8 Å². The molecule has 0 saturated carbocycles. The van der Waals surface area contributed by atoms with Gasteiger partial charge < -0.3 is 52.2 Å². The Hall–Kier alpha value is -6.07. The zero-order chi connectivity index (χ0) is 49.2. The number of rotatable bonds is 22. The summed E-state index contributed by atoms with van der Waals surface area (Å²) in [5, 5.41) is 31.8. The fraction of sp³-hybridized carbons (Fsp3) is 0.452. The smallest absolute Gasteiger partial charge is 0.480 e. The number of nitrogens with zero attached hydrogens (tertiary/aromatic N) is 2. The average Bonchev–Trinajstić information content (AvgIpc) is 3.61. The van der Waals surface area contributed by atoms with Gasteiger partial charge in [0.05, 0.1) is 12.1 Å². The number of benzene rings is 2. The number of nitrogens with one attached hydrogen (secondary N) is 3. The van der Waals surface area contributed by atoms with Crippen LogP contribution in [0.25, 0.3) is 11.1 Å². The van der Waals surface area contributed by atoms with E-state index >= 15 is 4.39 Å². The molecule has 358 valence electrons. The van der Waals surface area contributed by atoms with Crippen LogP contribution in [0.2, 0.25) is 0 Å². The van der Waals surface area contributed by atoms with Crippen molar-refractivity contribution in [1.82, 2.24) is 25.4 Å². The Morgan fingerprint density at radius 1 is 0.815 bits per heavy atom. The third-order valence-electron chi connectivity index (χ3n) is 9.30. The van der Waals surface area contributed by atoms with E-state index in [9.17, 15) is 51.4 Å². The number of amides is 4. The minimum Gasteiger partial charge on any atom is -0.480 e. The van der Waals surface area contributed by atoms with E-state index < -0.39 is 88.7 Å². The van der Waals surface area contributed by atoms with Crippen molar-refractivity contribution in [2.45, 2.75) is 83.1 Å². The van der Waals surface area contributed by atoms with Crippen molar-refractivity contribution < 1.29 is 70.8 Å². The highest BCUT2D eigenvalue weighted by atomic mass is 32.2. The van der Waals surface area contributed by atoms with Crippen LogP contribution in [0.4, 0.5) is 22.0 Å². The molecule has 65 heavy (non-hydrogen) atoms. The third kappa shape index (κ3) is 18.9. The molecular formula is C42H54F5N7O10S. The molecule has 2 aromatic carbocycles. The predicted molar refractivity (Wildman–Crippen MR) is 229 cm³/mol. The van der Waals surface area contributed by atoms with Crippen molar-refractivity contribution in [2.75, 3.05) is 31.9 Å². The fourth-order valence-electron chi connectivity index (χ4n) is 6.16. The summed E-state index contributed by atoms with van der Waals surface area (Å²) < 4.78 is 63.0. The van der Waals surface area contributed by atoms with Gasteiger partial charge in [-0.2, -0.15) is 13.2 Å². The molecule has 4 atom stereocenters. The van der Waals surface area contributed by atoms with E-state index in [0.717, 1.165) is 35.5 Å². The SMILES string of the molecule is CC(=O)N(CC[C@H](N)C(=O)NCCC(=O)NCCNC(=O)CC(SC[C@H](N)C(=O)O)C(=O)O)[C@@H](c1cc(-c2cc(F)ccc2F)cn1Cc1ccccc1)C(C)(C)C.O=C(O)C(F)(F)F. The number of carbonyl (C=O) groups is 7. The van der Waals surface area contributed by atoms with E-state index in [4.69, 9.17) is 26.5 Å². The van der Waals surface area contributed by atoms with Crippen molar-refractivity contribution in [1.29, 1.82) is 0 Å². The third-order valence-corrected chi connectivity index (χ3v) is 10.6. The number of carbonyl (C=O) groups excluding carboxylic acids is 4. The molecule has 10 N–H and O–H groups in total. The molecule has 23 heteroatoms. The number of halogens is 5. The number of hydrogen-bond donors (Lipinski definition) is 8. The lowest BCUT2D eigenvalue weighted by Crippen LogP contribution is -2.46. The van der Waals surface area contributed by atoms with Gasteiger partial charge in [-0.1, -0.05) is 51.1 Å². The highest BCUT2D eigenvalue weighted by Gasteiger charge is 2.38. The Balaban J connectivity index is 0.00000191. The Bertz CT molecular complexity index is 2120. The largest absolute Gasteiger partial charge is 0.490 e. The van der Waals surface area contributed by atoms with Crippen LogP contribution in [-0.4, -0.2) is 122 Å². The van der Waals surface area contributed by atoms with Crippen LogP contribution in [-0.2, 0) is 40.1 Å². The van der Waals surface area contributed by atoms with E-state index in [2.05, 4.69) is 16.0 Å². The Labute approximate surface area is 375 Å². The van der Waals surface area contributed by atoms with Crippen molar-refractivity contribution in [3.8, 4) is 11.1 Å². The molecule has 17 nitrogen and oxygen atoms in total. The van der Waals surface area contributed by atoms with E-state index in [1.165, 1.54) is 6.92 Å². The second-order valence-corrected chi connectivity index (χ2v) is 16.9. The molecule has 0 spiro atoms. The van der Waals surface area contributed by atoms with Gasteiger partial charge in [-0.05, 0) is 41.7 Å². The van der Waals surface area contributed by atoms with Gasteiger partial charge in [-0.3, -0.25) is 28.8 Å². The van der Waals surface area contributed by atoms with Crippen LogP contribution in [0.1, 0.15) is 64.3 Å². The normalized spacial score (nSPS) is 13.2. The topological polar surface area (TPSA) is 276 Å². The molecule has 1 heterocycles. The highest BCUT2D eigenvalue weighted by molar-refractivity contribution is 8.00. The van der Waals surface area contributed by atoms with E-state index in [0.29, 0.717) is 17.8 Å². The quantitative estimate of drug-likeness (QED) is 0.0530. The number of hydrogen-bond acceptors (Lipinski definition) is 10. The van der Waals surface area contributed by atoms with Crippen LogP contribution in [0.5, 0.6) is 0 Å². The van der Waals surface area contributed by atoms with Crippen molar-refractivity contribution >= 4 is 53.3 Å². The average molecular weight is 944 g/mol. The molecule has 4 amide bonds. The molecule has 0 radical (unpaired) electrons. The summed E-state index contributed by atoms with van der Waals surface area (Å²) in [5.41, 5.74) is 13.2. The number of carboxylic acid groups (broad SMARTS) is 3. The van der Waals surface area contributed by atoms with Gasteiger partial charge in [0.1, 0.15) is 22.9 Å². The van der Waals surface area contributed by atoms with Crippen LogP contribution in [0, 0.1) is 17.0 Å². The molecule has 3 aromatic rings. The molecule has 3 rings (SSSR count). The Kier molecular flexibility index (Phi) is 21.5. The summed E-state index contributed by atoms with van der Waals surface area (Å²) in [7, 11) is 0. The molecule has 0 aliphatic carbocycles. The summed E-state index contributed by atoms with van der Waals surface area (Å²) >= 11 is 0.742. The molecule has 0 aliphatic rings. The molecule has 0 saturated heterocycles. The summed E-state index contributed by atoms with van der Waals surface area (Å²) in [6.07, 6.45) is -3.80. The number of thioether (sulfide) groups is 1. The number of aromatic nitrogens is 1. The van der Waals surface area contributed by atoms with Crippen molar-refractivity contribution in [2.24, 2.45) is 16.9 Å². The van der Waals surface area contributed by atoms with Crippen LogP contribution >= 0.6 is 11.8 Å². The fourth-order valence-corrected chi connectivity index (χ4v) is 7.16. The monoisotopic (exact) mass is 943 g/mol. The van der Waals surface area contributed by atoms with Gasteiger partial charge in [0.2, 0.25) is 23.6 Å². The first-order valence-corrected chi connectivity index (χ1v) is 20.9. The zero-order valence-electron chi connectivity index (χ0n) is 36.0. The van der Waals surface area contributed by atoms with Gasteiger partial charge in [0, 0.05) is 81.3 Å². The highest BCUT2D eigenvalue weighted by Crippen LogP contribution is 2.41. The van der Waals surface area contributed by atoms with Crippen LogP contribution < -0.4 is 27.4 Å². The Morgan fingerprint density at radius 3 is 1.95 bits per heavy atom. The van der Waals surface area contributed by atoms with Gasteiger partial charge in [0.25, 0.3) is 0 Å². The summed E-state index contributed by atoms with van der Waals surface area (Å²) in [6.45, 7) is 7.73. The Morgan fingerprint density at radius 2 is 1.42 bits per heavy atom. The zero-order valence-corrected chi connectivity index (χ0v) is 36.8. The molecule has 0 aliphatic heterocycles. The second kappa shape index (κ2) is 25.4. The number of alkyl halides is 3. The molecular weight excluding hydrogens is 890 g/mol. The van der Waals surface area contributed by atoms with E-state index in [1.807, 2.05) is 55.7 Å². The van der Waals surface area contributed by atoms with Crippen molar-refractivity contribution in [3.63, 3.8) is 0 Å². The summed E-state index contributed by atoms with van der Waals surface area (Å²) in [5.74, 6) is -8.59. The molecule has 1 aromatic heterocycles. The first kappa shape index (κ1) is 55.1. The number of aliphatic carboxylic acids is 3. The lowest BCUT2D eigenvalue weighted by molar-refractivity contribution is -0.192. The number of carboxylic acids is 3. The number of nitrogens with two attached hydrogens (primary N) is 2. The maximum Gasteiger partial charge on any atom is 0.490 e. The first-order valence-electron chi connectivity index (χ1n) is 19.9. The lowest BCUT2D eigenvalue weighted by Gasteiger charge is -2.41. The van der Waals surface area contributed by atoms with Gasteiger partial charge in [0.15, 0.2) is 0 Å². The maximum absolute atomic E-state index is 15.0. The first-order chi connectivity index (χ1) is 30.2. The van der Waals surface area contributed by atoms with Gasteiger partial charge >= 0.3 is 24.1 Å². The van der Waals surface area contributed by atoms with Crippen LogP contribution in [0.3, 0.4) is 0 Å². The van der Waals surface area contributed by atoms with Gasteiger partial charge in [-0.15, -0.1) is 11.8 Å². The molecule has 0 fully saturated rings. The van der Waals surface area contributed by atoms with Crippen molar-refractivity contribution in [3.05, 3.63) is 83.7 Å². The van der Waals surface area contributed by atoms with E-state index in [1.54, 1.807) is 17.2 Å². The minimum atomic E-state index is -5.08. The summed E-state index contributed by atoms with van der Waals surface area (Å²) in [4.78, 5) is 83.6. The maximum atomic E-state index is 15.0. The molecule has 0 bridgehead atoms. The second-order valence-electron chi connectivity index (χ2n) is 15.6. The van der Waals surface area contributed by atoms with E-state index in [-0.39, 0.29) is 56.2 Å². The predicted octanol–water partition coefficient (Wildman–Crippen LogP) is 3.50.